The monoisotopic (exact) mass is 384 g/mol. The van der Waals surface area contributed by atoms with Gasteiger partial charge in [0.1, 0.15) is 18.5 Å². The molecule has 148 valence electrons. The zero-order valence-corrected chi connectivity index (χ0v) is 17.1. The zero-order chi connectivity index (χ0) is 19.4. The fourth-order valence-corrected chi connectivity index (χ4v) is 4.08. The van der Waals surface area contributed by atoms with Crippen LogP contribution in [0.1, 0.15) is 32.8 Å². The van der Waals surface area contributed by atoms with Gasteiger partial charge in [0.15, 0.2) is 0 Å². The van der Waals surface area contributed by atoms with Gasteiger partial charge in [-0.2, -0.15) is 0 Å². The van der Waals surface area contributed by atoms with Crippen molar-refractivity contribution in [3.63, 3.8) is 0 Å². The van der Waals surface area contributed by atoms with Gasteiger partial charge < -0.3 is 9.84 Å². The molecule has 0 aromatic heterocycles. The molecule has 1 aromatic carbocycles. The summed E-state index contributed by atoms with van der Waals surface area (Å²) in [4.78, 5) is 2.11. The normalized spacial score (nSPS) is 19.1. The summed E-state index contributed by atoms with van der Waals surface area (Å²) < 4.78 is 30.8. The van der Waals surface area contributed by atoms with Gasteiger partial charge in [0, 0.05) is 26.2 Å². The Labute approximate surface area is 157 Å². The second kappa shape index (κ2) is 8.69. The first kappa shape index (κ1) is 21.2. The van der Waals surface area contributed by atoms with Crippen LogP contribution in [0, 0.1) is 0 Å². The number of aliphatic hydroxyl groups is 1. The van der Waals surface area contributed by atoms with Gasteiger partial charge in [-0.3, -0.25) is 4.90 Å². The van der Waals surface area contributed by atoms with Gasteiger partial charge in [0.25, 0.3) is 0 Å². The minimum absolute atomic E-state index is 0.0264. The number of hydrogen-bond acceptors (Lipinski definition) is 5. The number of ether oxygens (including phenoxy) is 1. The number of rotatable bonds is 6. The molecule has 0 spiro atoms. The third-order valence-corrected chi connectivity index (χ3v) is 5.91. The molecule has 1 unspecified atom stereocenters. The van der Waals surface area contributed by atoms with E-state index in [0.717, 1.165) is 24.3 Å². The molecular weight excluding hydrogens is 352 g/mol. The first-order valence-electron chi connectivity index (χ1n) is 9.15. The molecule has 0 saturated carbocycles. The molecule has 6 nitrogen and oxygen atoms in total. The Balaban J connectivity index is 1.87. The van der Waals surface area contributed by atoms with Crippen molar-refractivity contribution in [3.05, 3.63) is 29.8 Å². The maximum absolute atomic E-state index is 11.7. The van der Waals surface area contributed by atoms with Crippen LogP contribution >= 0.6 is 0 Å². The Hall–Kier alpha value is -1.15. The van der Waals surface area contributed by atoms with Crippen LogP contribution in [0.4, 0.5) is 0 Å². The summed E-state index contributed by atoms with van der Waals surface area (Å²) in [6.45, 7) is 9.53. The first-order chi connectivity index (χ1) is 12.1. The largest absolute Gasteiger partial charge is 0.491 e. The second-order valence-corrected chi connectivity index (χ2v) is 10.0. The molecular formula is C19H32N2O4S. The minimum Gasteiger partial charge on any atom is -0.491 e. The molecule has 1 aromatic rings. The highest BCUT2D eigenvalue weighted by Crippen LogP contribution is 2.30. The van der Waals surface area contributed by atoms with Gasteiger partial charge in [0.05, 0.1) is 6.26 Å². The van der Waals surface area contributed by atoms with E-state index in [1.165, 1.54) is 10.6 Å². The lowest BCUT2D eigenvalue weighted by Gasteiger charge is -2.25. The van der Waals surface area contributed by atoms with Crippen molar-refractivity contribution >= 4 is 10.0 Å². The van der Waals surface area contributed by atoms with Crippen LogP contribution in [0.25, 0.3) is 0 Å². The van der Waals surface area contributed by atoms with Gasteiger partial charge >= 0.3 is 0 Å². The third kappa shape index (κ3) is 6.23. The molecule has 0 bridgehead atoms. The van der Waals surface area contributed by atoms with Gasteiger partial charge in [-0.25, -0.2) is 12.7 Å². The minimum atomic E-state index is -3.15. The fraction of sp³-hybridized carbons (Fsp3) is 0.684. The number of aliphatic hydroxyl groups excluding tert-OH is 1. The van der Waals surface area contributed by atoms with Gasteiger partial charge in [-0.05, 0) is 30.0 Å². The Morgan fingerprint density at radius 2 is 1.85 bits per heavy atom. The molecule has 0 radical (unpaired) electrons. The number of hydrogen-bond donors (Lipinski definition) is 1. The molecule has 1 atom stereocenters. The van der Waals surface area contributed by atoms with Crippen LogP contribution in [0.5, 0.6) is 5.75 Å². The zero-order valence-electron chi connectivity index (χ0n) is 16.3. The summed E-state index contributed by atoms with van der Waals surface area (Å²) in [5.41, 5.74) is 1.09. The van der Waals surface area contributed by atoms with E-state index in [9.17, 15) is 13.5 Å². The number of benzene rings is 1. The summed E-state index contributed by atoms with van der Waals surface area (Å²) in [7, 11) is -3.15. The standard InChI is InChI=1S/C19H32N2O4S/c1-19(2,3)17-8-5-6-9-18(17)25-15-16(22)14-20-10-7-11-21(13-12-20)26(4,23)24/h5-6,8-9,16,22H,7,10-15H2,1-4H3. The molecule has 2 rings (SSSR count). The van der Waals surface area contributed by atoms with Crippen molar-refractivity contribution < 1.29 is 18.3 Å². The molecule has 0 amide bonds. The number of nitrogens with zero attached hydrogens (tertiary/aromatic N) is 2. The van der Waals surface area contributed by atoms with E-state index in [4.69, 9.17) is 4.74 Å². The van der Waals surface area contributed by atoms with Crippen molar-refractivity contribution in [2.75, 3.05) is 45.6 Å². The van der Waals surface area contributed by atoms with E-state index in [0.29, 0.717) is 26.2 Å². The molecule has 1 fully saturated rings. The van der Waals surface area contributed by atoms with Crippen LogP contribution < -0.4 is 4.74 Å². The molecule has 1 heterocycles. The predicted octanol–water partition coefficient (Wildman–Crippen LogP) is 1.69. The second-order valence-electron chi connectivity index (χ2n) is 8.03. The molecule has 1 aliphatic rings. The highest BCUT2D eigenvalue weighted by atomic mass is 32.2. The van der Waals surface area contributed by atoms with E-state index >= 15 is 0 Å². The Morgan fingerprint density at radius 1 is 1.15 bits per heavy atom. The van der Waals surface area contributed by atoms with Crippen LogP contribution in [0.15, 0.2) is 24.3 Å². The lowest BCUT2D eigenvalue weighted by Crippen LogP contribution is -2.39. The molecule has 1 saturated heterocycles. The fourth-order valence-electron chi connectivity index (χ4n) is 3.21. The molecule has 1 N–H and O–H groups in total. The van der Waals surface area contributed by atoms with Crippen molar-refractivity contribution in [2.24, 2.45) is 0 Å². The van der Waals surface area contributed by atoms with Gasteiger partial charge in [-0.1, -0.05) is 39.0 Å². The third-order valence-electron chi connectivity index (χ3n) is 4.61. The van der Waals surface area contributed by atoms with Crippen LogP contribution in [-0.4, -0.2) is 74.4 Å². The maximum Gasteiger partial charge on any atom is 0.211 e. The quantitative estimate of drug-likeness (QED) is 0.808. The predicted molar refractivity (Wildman–Crippen MR) is 104 cm³/mol. The summed E-state index contributed by atoms with van der Waals surface area (Å²) in [5.74, 6) is 0.804. The summed E-state index contributed by atoms with van der Waals surface area (Å²) >= 11 is 0. The van der Waals surface area contributed by atoms with Crippen molar-refractivity contribution in [1.29, 1.82) is 0 Å². The van der Waals surface area contributed by atoms with E-state index < -0.39 is 16.1 Å². The smallest absolute Gasteiger partial charge is 0.211 e. The number of β-amino-alcohol motifs (C(OH)–C–C–N with tert-alkyl or cyclic N) is 1. The van der Waals surface area contributed by atoms with Crippen LogP contribution in [-0.2, 0) is 15.4 Å². The first-order valence-corrected chi connectivity index (χ1v) is 11.0. The van der Waals surface area contributed by atoms with Crippen LogP contribution in [0.3, 0.4) is 0 Å². The number of sulfonamides is 1. The van der Waals surface area contributed by atoms with Crippen molar-refractivity contribution in [2.45, 2.75) is 38.7 Å². The topological polar surface area (TPSA) is 70.1 Å². The molecule has 26 heavy (non-hydrogen) atoms. The maximum atomic E-state index is 11.7. The molecule has 1 aliphatic heterocycles. The Bertz CT molecular complexity index is 685. The summed E-state index contributed by atoms with van der Waals surface area (Å²) in [6, 6.07) is 7.92. The lowest BCUT2D eigenvalue weighted by molar-refractivity contribution is 0.0693. The lowest BCUT2D eigenvalue weighted by atomic mass is 9.86. The van der Waals surface area contributed by atoms with Gasteiger partial charge in [0.2, 0.25) is 10.0 Å². The summed E-state index contributed by atoms with van der Waals surface area (Å²) in [5, 5.41) is 10.4. The Morgan fingerprint density at radius 3 is 2.50 bits per heavy atom. The Kier molecular flexibility index (Phi) is 7.07. The van der Waals surface area contributed by atoms with Crippen molar-refractivity contribution in [1.82, 2.24) is 9.21 Å². The van der Waals surface area contributed by atoms with E-state index in [2.05, 4.69) is 31.7 Å². The summed E-state index contributed by atoms with van der Waals surface area (Å²) in [6.07, 6.45) is 1.40. The molecule has 7 heteroatoms. The van der Waals surface area contributed by atoms with Gasteiger partial charge in [-0.15, -0.1) is 0 Å². The number of para-hydroxylation sites is 1. The van der Waals surface area contributed by atoms with Crippen LogP contribution in [0.2, 0.25) is 0 Å². The van der Waals surface area contributed by atoms with E-state index in [1.807, 2.05) is 18.2 Å². The average Bonchev–Trinajstić information content (AvgIpc) is 2.78. The average molecular weight is 385 g/mol. The van der Waals surface area contributed by atoms with E-state index in [1.54, 1.807) is 0 Å². The molecule has 0 aliphatic carbocycles. The SMILES string of the molecule is CC(C)(C)c1ccccc1OCC(O)CN1CCCN(S(C)(=O)=O)CC1. The van der Waals surface area contributed by atoms with Crippen molar-refractivity contribution in [3.8, 4) is 5.75 Å². The highest BCUT2D eigenvalue weighted by molar-refractivity contribution is 7.88. The highest BCUT2D eigenvalue weighted by Gasteiger charge is 2.23. The van der Waals surface area contributed by atoms with E-state index in [-0.39, 0.29) is 12.0 Å².